The first-order valence-corrected chi connectivity index (χ1v) is 5.05. The van der Waals surface area contributed by atoms with Crippen molar-refractivity contribution in [1.29, 1.82) is 0 Å². The van der Waals surface area contributed by atoms with E-state index in [0.29, 0.717) is 0 Å². The summed E-state index contributed by atoms with van der Waals surface area (Å²) in [4.78, 5) is 11.3. The first-order chi connectivity index (χ1) is 6.42. The molecular formula is C10H20N2O2. The second-order valence-electron chi connectivity index (χ2n) is 4.66. The maximum atomic E-state index is 11.3. The number of hydrogen-bond acceptors (Lipinski definition) is 3. The van der Waals surface area contributed by atoms with Crippen molar-refractivity contribution in [3.05, 3.63) is 0 Å². The summed E-state index contributed by atoms with van der Waals surface area (Å²) in [5, 5.41) is 5.78. The first-order valence-electron chi connectivity index (χ1n) is 5.05. The third-order valence-corrected chi connectivity index (χ3v) is 2.17. The third-order valence-electron chi connectivity index (χ3n) is 2.17. The van der Waals surface area contributed by atoms with E-state index in [9.17, 15) is 4.79 Å². The SMILES string of the molecule is CNC(=O)C1CC(OC(C)(C)C)CN1. The van der Waals surface area contributed by atoms with Crippen LogP contribution >= 0.6 is 0 Å². The fourth-order valence-corrected chi connectivity index (χ4v) is 1.67. The molecule has 4 nitrogen and oxygen atoms in total. The van der Waals surface area contributed by atoms with Gasteiger partial charge in [0.05, 0.1) is 17.7 Å². The summed E-state index contributed by atoms with van der Waals surface area (Å²) in [7, 11) is 1.65. The second kappa shape index (κ2) is 4.28. The van der Waals surface area contributed by atoms with Crippen LogP contribution in [-0.2, 0) is 9.53 Å². The van der Waals surface area contributed by atoms with Crippen LogP contribution in [0.4, 0.5) is 0 Å². The van der Waals surface area contributed by atoms with Crippen molar-refractivity contribution in [2.45, 2.75) is 44.9 Å². The Morgan fingerprint density at radius 2 is 2.14 bits per heavy atom. The first kappa shape index (κ1) is 11.5. The maximum absolute atomic E-state index is 11.3. The van der Waals surface area contributed by atoms with Crippen molar-refractivity contribution >= 4 is 5.91 Å². The molecular weight excluding hydrogens is 180 g/mol. The van der Waals surface area contributed by atoms with E-state index in [1.807, 2.05) is 20.8 Å². The van der Waals surface area contributed by atoms with E-state index in [2.05, 4.69) is 10.6 Å². The number of carbonyl (C=O) groups is 1. The highest BCUT2D eigenvalue weighted by Gasteiger charge is 2.31. The normalized spacial score (nSPS) is 27.7. The van der Waals surface area contributed by atoms with Crippen LogP contribution in [0.15, 0.2) is 0 Å². The molecule has 0 bridgehead atoms. The number of ether oxygens (including phenoxy) is 1. The number of carbonyl (C=O) groups excluding carboxylic acids is 1. The smallest absolute Gasteiger partial charge is 0.236 e. The molecule has 0 aliphatic carbocycles. The van der Waals surface area contributed by atoms with E-state index in [0.717, 1.165) is 13.0 Å². The van der Waals surface area contributed by atoms with E-state index in [-0.39, 0.29) is 23.7 Å². The lowest BCUT2D eigenvalue weighted by atomic mass is 10.1. The Morgan fingerprint density at radius 3 is 2.64 bits per heavy atom. The van der Waals surface area contributed by atoms with Crippen LogP contribution in [0.1, 0.15) is 27.2 Å². The third kappa shape index (κ3) is 3.27. The molecule has 0 radical (unpaired) electrons. The van der Waals surface area contributed by atoms with Crippen LogP contribution in [0.5, 0.6) is 0 Å². The summed E-state index contributed by atoms with van der Waals surface area (Å²) in [6, 6.07) is -0.0904. The Labute approximate surface area is 85.4 Å². The average molecular weight is 200 g/mol. The minimum atomic E-state index is -0.135. The van der Waals surface area contributed by atoms with Gasteiger partial charge >= 0.3 is 0 Å². The van der Waals surface area contributed by atoms with Crippen LogP contribution in [-0.4, -0.2) is 37.2 Å². The molecule has 1 aliphatic heterocycles. The van der Waals surface area contributed by atoms with Crippen LogP contribution in [0.3, 0.4) is 0 Å². The van der Waals surface area contributed by atoms with E-state index < -0.39 is 0 Å². The quantitative estimate of drug-likeness (QED) is 0.673. The number of hydrogen-bond donors (Lipinski definition) is 2. The van der Waals surface area contributed by atoms with Crippen molar-refractivity contribution in [3.8, 4) is 0 Å². The zero-order valence-electron chi connectivity index (χ0n) is 9.39. The maximum Gasteiger partial charge on any atom is 0.236 e. The summed E-state index contributed by atoms with van der Waals surface area (Å²) in [5.41, 5.74) is -0.135. The molecule has 1 aliphatic rings. The molecule has 2 N–H and O–H groups in total. The molecule has 1 saturated heterocycles. The van der Waals surface area contributed by atoms with Gasteiger partial charge in [0.25, 0.3) is 0 Å². The van der Waals surface area contributed by atoms with Crippen LogP contribution in [0.25, 0.3) is 0 Å². The van der Waals surface area contributed by atoms with Gasteiger partial charge in [-0.05, 0) is 27.2 Å². The van der Waals surface area contributed by atoms with Gasteiger partial charge in [0.1, 0.15) is 0 Å². The van der Waals surface area contributed by atoms with Gasteiger partial charge in [0.15, 0.2) is 0 Å². The molecule has 0 spiro atoms. The summed E-state index contributed by atoms with van der Waals surface area (Å²) in [6.07, 6.45) is 0.911. The molecule has 1 fully saturated rings. The molecule has 0 saturated carbocycles. The van der Waals surface area contributed by atoms with Crippen molar-refractivity contribution in [1.82, 2.24) is 10.6 Å². The van der Waals surface area contributed by atoms with Gasteiger partial charge in [-0.15, -0.1) is 0 Å². The fraction of sp³-hybridized carbons (Fsp3) is 0.900. The lowest BCUT2D eigenvalue weighted by molar-refractivity contribution is -0.122. The summed E-state index contributed by atoms with van der Waals surface area (Å²) < 4.78 is 5.78. The second-order valence-corrected chi connectivity index (χ2v) is 4.66. The molecule has 0 aromatic carbocycles. The topological polar surface area (TPSA) is 50.4 Å². The van der Waals surface area contributed by atoms with Gasteiger partial charge in [-0.1, -0.05) is 0 Å². The zero-order valence-corrected chi connectivity index (χ0v) is 9.39. The zero-order chi connectivity index (χ0) is 10.8. The van der Waals surface area contributed by atoms with Gasteiger partial charge in [0.2, 0.25) is 5.91 Å². The Morgan fingerprint density at radius 1 is 1.50 bits per heavy atom. The number of amides is 1. The Balaban J connectivity index is 2.38. The van der Waals surface area contributed by atoms with E-state index in [1.54, 1.807) is 7.05 Å². The van der Waals surface area contributed by atoms with Crippen LogP contribution in [0.2, 0.25) is 0 Å². The summed E-state index contributed by atoms with van der Waals surface area (Å²) in [6.45, 7) is 6.84. The number of rotatable bonds is 2. The summed E-state index contributed by atoms with van der Waals surface area (Å²) in [5.74, 6) is 0.0463. The lowest BCUT2D eigenvalue weighted by Gasteiger charge is -2.24. The Hall–Kier alpha value is -0.610. The standard InChI is InChI=1S/C10H20N2O2/c1-10(2,3)14-7-5-8(12-6-7)9(13)11-4/h7-8,12H,5-6H2,1-4H3,(H,11,13). The number of nitrogens with one attached hydrogen (secondary N) is 2. The average Bonchev–Trinajstić information content (AvgIpc) is 2.48. The monoisotopic (exact) mass is 200 g/mol. The molecule has 0 aromatic heterocycles. The van der Waals surface area contributed by atoms with Gasteiger partial charge in [-0.3, -0.25) is 4.79 Å². The van der Waals surface area contributed by atoms with Crippen LogP contribution in [0, 0.1) is 0 Å². The van der Waals surface area contributed by atoms with Gasteiger partial charge in [-0.25, -0.2) is 0 Å². The van der Waals surface area contributed by atoms with E-state index in [1.165, 1.54) is 0 Å². The highest BCUT2D eigenvalue weighted by Crippen LogP contribution is 2.17. The molecule has 1 amide bonds. The van der Waals surface area contributed by atoms with Gasteiger partial charge in [0, 0.05) is 13.6 Å². The van der Waals surface area contributed by atoms with Crippen LogP contribution < -0.4 is 10.6 Å². The molecule has 4 heteroatoms. The molecule has 82 valence electrons. The highest BCUT2D eigenvalue weighted by molar-refractivity contribution is 5.81. The molecule has 1 heterocycles. The van der Waals surface area contributed by atoms with Crippen molar-refractivity contribution in [2.75, 3.05) is 13.6 Å². The predicted octanol–water partition coefficient (Wildman–Crippen LogP) is 0.278. The fourth-order valence-electron chi connectivity index (χ4n) is 1.67. The van der Waals surface area contributed by atoms with Gasteiger partial charge < -0.3 is 15.4 Å². The van der Waals surface area contributed by atoms with Crippen molar-refractivity contribution < 1.29 is 9.53 Å². The molecule has 2 atom stereocenters. The Kier molecular flexibility index (Phi) is 3.50. The van der Waals surface area contributed by atoms with E-state index >= 15 is 0 Å². The summed E-state index contributed by atoms with van der Waals surface area (Å²) >= 11 is 0. The molecule has 0 aromatic rings. The minimum Gasteiger partial charge on any atom is -0.371 e. The molecule has 2 unspecified atom stereocenters. The largest absolute Gasteiger partial charge is 0.371 e. The van der Waals surface area contributed by atoms with Crippen molar-refractivity contribution in [3.63, 3.8) is 0 Å². The molecule has 1 rings (SSSR count). The van der Waals surface area contributed by atoms with Crippen molar-refractivity contribution in [2.24, 2.45) is 0 Å². The highest BCUT2D eigenvalue weighted by atomic mass is 16.5. The minimum absolute atomic E-state index is 0.0463. The molecule has 14 heavy (non-hydrogen) atoms. The predicted molar refractivity (Wildman–Crippen MR) is 55.1 cm³/mol. The van der Waals surface area contributed by atoms with E-state index in [4.69, 9.17) is 4.74 Å². The number of likely N-dealkylation sites (N-methyl/N-ethyl adjacent to an activating group) is 1. The van der Waals surface area contributed by atoms with Gasteiger partial charge in [-0.2, -0.15) is 0 Å². The Bertz CT molecular complexity index is 211. The lowest BCUT2D eigenvalue weighted by Crippen LogP contribution is -2.38.